The molecule has 0 bridgehead atoms. The van der Waals surface area contributed by atoms with E-state index < -0.39 is 10.0 Å². The van der Waals surface area contributed by atoms with Crippen molar-refractivity contribution in [2.75, 3.05) is 13.1 Å². The minimum Gasteiger partial charge on any atom is -0.391 e. The molecule has 0 aliphatic carbocycles. The van der Waals surface area contributed by atoms with Gasteiger partial charge in [-0.1, -0.05) is 19.3 Å². The van der Waals surface area contributed by atoms with Crippen LogP contribution in [-0.4, -0.2) is 30.9 Å². The summed E-state index contributed by atoms with van der Waals surface area (Å²) in [6, 6.07) is 1.62. The molecule has 108 valence electrons. The first-order valence-corrected chi connectivity index (χ1v) is 9.01. The van der Waals surface area contributed by atoms with Crippen LogP contribution >= 0.6 is 11.3 Å². The molecule has 19 heavy (non-hydrogen) atoms. The Morgan fingerprint density at radius 1 is 1.21 bits per heavy atom. The quantitative estimate of drug-likeness (QED) is 0.933. The minimum atomic E-state index is -3.39. The van der Waals surface area contributed by atoms with Crippen LogP contribution in [0, 0.1) is 6.92 Å². The number of nitrogens with zero attached hydrogens (tertiary/aromatic N) is 1. The molecule has 2 rings (SSSR count). The van der Waals surface area contributed by atoms with E-state index in [1.165, 1.54) is 17.8 Å². The zero-order chi connectivity index (χ0) is 13.9. The smallest absolute Gasteiger partial charge is 0.244 e. The first kappa shape index (κ1) is 15.0. The zero-order valence-electron chi connectivity index (χ0n) is 11.3. The maximum absolute atomic E-state index is 12.7. The molecule has 6 heteroatoms. The topological polar surface area (TPSA) is 57.6 Å². The van der Waals surface area contributed by atoms with E-state index in [-0.39, 0.29) is 6.61 Å². The molecule has 0 atom stereocenters. The van der Waals surface area contributed by atoms with Crippen LogP contribution in [0.25, 0.3) is 0 Å². The van der Waals surface area contributed by atoms with Crippen molar-refractivity contribution in [1.82, 2.24) is 4.31 Å². The lowest BCUT2D eigenvalue weighted by molar-refractivity contribution is 0.285. The molecule has 0 aromatic carbocycles. The molecule has 0 spiro atoms. The van der Waals surface area contributed by atoms with Crippen LogP contribution in [0.5, 0.6) is 0 Å². The molecule has 4 nitrogen and oxygen atoms in total. The van der Waals surface area contributed by atoms with Gasteiger partial charge in [-0.2, -0.15) is 4.31 Å². The number of aryl methyl sites for hydroxylation is 1. The summed E-state index contributed by atoms with van der Waals surface area (Å²) in [4.78, 5) is 1.86. The first-order valence-electron chi connectivity index (χ1n) is 6.76. The summed E-state index contributed by atoms with van der Waals surface area (Å²) in [6.45, 7) is 2.94. The molecule has 1 aromatic rings. The molecule has 1 N–H and O–H groups in total. The number of thiophene rings is 1. The van der Waals surface area contributed by atoms with Crippen molar-refractivity contribution in [3.8, 4) is 0 Å². The van der Waals surface area contributed by atoms with Gasteiger partial charge in [0.2, 0.25) is 10.0 Å². The first-order chi connectivity index (χ1) is 9.05. The molecular formula is C13H21NO3S2. The van der Waals surface area contributed by atoms with E-state index in [0.717, 1.165) is 30.6 Å². The third-order valence-electron chi connectivity index (χ3n) is 3.51. The second kappa shape index (κ2) is 6.35. The van der Waals surface area contributed by atoms with Crippen molar-refractivity contribution < 1.29 is 13.5 Å². The standard InChI is InChI=1S/C13H21NO3S2/c1-11-13(9-12(10-15)18-11)19(16,17)14-7-5-3-2-4-6-8-14/h9,15H,2-8,10H2,1H3. The van der Waals surface area contributed by atoms with E-state index in [9.17, 15) is 8.42 Å². The van der Waals surface area contributed by atoms with Crippen LogP contribution in [0.1, 0.15) is 41.9 Å². The molecule has 0 saturated carbocycles. The molecule has 1 aromatic heterocycles. The van der Waals surface area contributed by atoms with Gasteiger partial charge in [0, 0.05) is 22.8 Å². The number of sulfonamides is 1. The zero-order valence-corrected chi connectivity index (χ0v) is 12.9. The van der Waals surface area contributed by atoms with Crippen LogP contribution in [0.4, 0.5) is 0 Å². The van der Waals surface area contributed by atoms with Gasteiger partial charge in [-0.05, 0) is 25.8 Å². The van der Waals surface area contributed by atoms with E-state index in [0.29, 0.717) is 22.9 Å². The number of hydrogen-bond acceptors (Lipinski definition) is 4. The Balaban J connectivity index is 2.26. The van der Waals surface area contributed by atoms with Gasteiger partial charge in [0.05, 0.1) is 11.5 Å². The van der Waals surface area contributed by atoms with Crippen molar-refractivity contribution in [2.45, 2.75) is 50.5 Å². The fourth-order valence-electron chi connectivity index (χ4n) is 2.46. The Morgan fingerprint density at radius 3 is 2.32 bits per heavy atom. The summed E-state index contributed by atoms with van der Waals surface area (Å²) in [7, 11) is -3.39. The van der Waals surface area contributed by atoms with E-state index in [4.69, 9.17) is 5.11 Å². The van der Waals surface area contributed by atoms with E-state index >= 15 is 0 Å². The molecule has 0 unspecified atom stereocenters. The van der Waals surface area contributed by atoms with E-state index in [1.807, 2.05) is 0 Å². The predicted octanol–water partition coefficient (Wildman–Crippen LogP) is 2.50. The third kappa shape index (κ3) is 3.37. The van der Waals surface area contributed by atoms with Gasteiger partial charge in [-0.15, -0.1) is 11.3 Å². The second-order valence-electron chi connectivity index (χ2n) is 4.96. The summed E-state index contributed by atoms with van der Waals surface area (Å²) in [5.74, 6) is 0. The Labute approximate surface area is 119 Å². The van der Waals surface area contributed by atoms with E-state index in [1.54, 1.807) is 17.3 Å². The lowest BCUT2D eigenvalue weighted by Gasteiger charge is -2.24. The van der Waals surface area contributed by atoms with Crippen LogP contribution in [-0.2, 0) is 16.6 Å². The van der Waals surface area contributed by atoms with Gasteiger partial charge in [-0.3, -0.25) is 0 Å². The van der Waals surface area contributed by atoms with Gasteiger partial charge in [0.25, 0.3) is 0 Å². The van der Waals surface area contributed by atoms with Crippen LogP contribution < -0.4 is 0 Å². The molecule has 1 aliphatic heterocycles. The van der Waals surface area contributed by atoms with Gasteiger partial charge < -0.3 is 5.11 Å². The Hall–Kier alpha value is -0.430. The number of hydrogen-bond donors (Lipinski definition) is 1. The fourth-order valence-corrected chi connectivity index (χ4v) is 5.44. The Kier molecular flexibility index (Phi) is 5.00. The van der Waals surface area contributed by atoms with Crippen molar-refractivity contribution >= 4 is 21.4 Å². The monoisotopic (exact) mass is 303 g/mol. The molecule has 1 fully saturated rings. The highest BCUT2D eigenvalue weighted by atomic mass is 32.2. The SMILES string of the molecule is Cc1sc(CO)cc1S(=O)(=O)N1CCCCCCC1. The molecular weight excluding hydrogens is 282 g/mol. The molecule has 1 aliphatic rings. The van der Waals surface area contributed by atoms with Gasteiger partial charge in [-0.25, -0.2) is 8.42 Å². The highest BCUT2D eigenvalue weighted by Gasteiger charge is 2.27. The molecule has 2 heterocycles. The van der Waals surface area contributed by atoms with Crippen LogP contribution in [0.2, 0.25) is 0 Å². The lowest BCUT2D eigenvalue weighted by Crippen LogP contribution is -2.33. The predicted molar refractivity (Wildman–Crippen MR) is 76.8 cm³/mol. The number of aliphatic hydroxyl groups is 1. The van der Waals surface area contributed by atoms with Crippen molar-refractivity contribution in [3.63, 3.8) is 0 Å². The molecule has 0 radical (unpaired) electrons. The molecule has 1 saturated heterocycles. The summed E-state index contributed by atoms with van der Waals surface area (Å²) in [5.41, 5.74) is 0. The van der Waals surface area contributed by atoms with Crippen LogP contribution in [0.15, 0.2) is 11.0 Å². The summed E-state index contributed by atoms with van der Waals surface area (Å²) in [6.07, 6.45) is 5.30. The van der Waals surface area contributed by atoms with Gasteiger partial charge in [0.1, 0.15) is 0 Å². The van der Waals surface area contributed by atoms with Crippen LogP contribution in [0.3, 0.4) is 0 Å². The van der Waals surface area contributed by atoms with Crippen molar-refractivity contribution in [3.05, 3.63) is 15.8 Å². The van der Waals surface area contributed by atoms with E-state index in [2.05, 4.69) is 0 Å². The Bertz CT molecular complexity index is 514. The van der Waals surface area contributed by atoms with Crippen molar-refractivity contribution in [1.29, 1.82) is 0 Å². The molecule has 0 amide bonds. The van der Waals surface area contributed by atoms with Crippen molar-refractivity contribution in [2.24, 2.45) is 0 Å². The lowest BCUT2D eigenvalue weighted by atomic mass is 10.1. The Morgan fingerprint density at radius 2 is 1.79 bits per heavy atom. The highest BCUT2D eigenvalue weighted by Crippen LogP contribution is 2.29. The normalized spacial score (nSPS) is 19.1. The maximum atomic E-state index is 12.7. The number of rotatable bonds is 3. The van der Waals surface area contributed by atoms with Gasteiger partial charge >= 0.3 is 0 Å². The maximum Gasteiger partial charge on any atom is 0.244 e. The largest absolute Gasteiger partial charge is 0.391 e. The average molecular weight is 303 g/mol. The third-order valence-corrected chi connectivity index (χ3v) is 6.70. The summed E-state index contributed by atoms with van der Waals surface area (Å²) >= 11 is 1.36. The highest BCUT2D eigenvalue weighted by molar-refractivity contribution is 7.89. The summed E-state index contributed by atoms with van der Waals surface area (Å²) < 4.78 is 26.9. The fraction of sp³-hybridized carbons (Fsp3) is 0.692. The average Bonchev–Trinajstić information content (AvgIpc) is 2.70. The minimum absolute atomic E-state index is 0.0962. The number of aliphatic hydroxyl groups excluding tert-OH is 1. The second-order valence-corrected chi connectivity index (χ2v) is 8.21. The summed E-state index contributed by atoms with van der Waals surface area (Å²) in [5, 5.41) is 9.14. The van der Waals surface area contributed by atoms with Gasteiger partial charge in [0.15, 0.2) is 0 Å².